The number of hydrogen-bond acceptors (Lipinski definition) is 5. The van der Waals surface area contributed by atoms with Gasteiger partial charge >= 0.3 is 6.18 Å². The van der Waals surface area contributed by atoms with Crippen LogP contribution in [0, 0.1) is 11.3 Å². The molecule has 0 radical (unpaired) electrons. The van der Waals surface area contributed by atoms with E-state index in [-0.39, 0.29) is 23.7 Å². The zero-order chi connectivity index (χ0) is 21.9. The van der Waals surface area contributed by atoms with Gasteiger partial charge in [0.2, 0.25) is 0 Å². The van der Waals surface area contributed by atoms with Gasteiger partial charge in [-0.2, -0.15) is 18.4 Å². The van der Waals surface area contributed by atoms with Crippen molar-refractivity contribution in [1.29, 1.82) is 5.26 Å². The van der Waals surface area contributed by atoms with E-state index in [0.717, 1.165) is 6.07 Å². The summed E-state index contributed by atoms with van der Waals surface area (Å²) in [5.74, 6) is 0.249. The zero-order valence-electron chi connectivity index (χ0n) is 16.6. The van der Waals surface area contributed by atoms with Crippen molar-refractivity contribution in [2.75, 3.05) is 20.2 Å². The predicted molar refractivity (Wildman–Crippen MR) is 106 cm³/mol. The van der Waals surface area contributed by atoms with Gasteiger partial charge in [-0.15, -0.1) is 6.58 Å². The summed E-state index contributed by atoms with van der Waals surface area (Å²) in [4.78, 5) is 10.4. The molecule has 0 amide bonds. The summed E-state index contributed by atoms with van der Waals surface area (Å²) in [5, 5.41) is 9.37. The minimum atomic E-state index is -4.59. The van der Waals surface area contributed by atoms with E-state index in [4.69, 9.17) is 4.74 Å². The lowest BCUT2D eigenvalue weighted by Crippen LogP contribution is -2.20. The Labute approximate surface area is 171 Å². The molecule has 6 nitrogen and oxygen atoms in total. The Morgan fingerprint density at radius 1 is 1.33 bits per heavy atom. The second-order valence-corrected chi connectivity index (χ2v) is 6.60. The molecular formula is C21H20F3N5O. The van der Waals surface area contributed by atoms with Gasteiger partial charge in [-0.25, -0.2) is 9.97 Å². The average Bonchev–Trinajstić information content (AvgIpc) is 3.05. The molecule has 0 aliphatic heterocycles. The predicted octanol–water partition coefficient (Wildman–Crippen LogP) is 4.33. The first-order valence-electron chi connectivity index (χ1n) is 9.20. The summed E-state index contributed by atoms with van der Waals surface area (Å²) in [6.07, 6.45) is -1.43. The largest absolute Gasteiger partial charge is 0.493 e. The van der Waals surface area contributed by atoms with Crippen molar-refractivity contribution in [3.05, 3.63) is 60.2 Å². The van der Waals surface area contributed by atoms with E-state index < -0.39 is 11.7 Å². The highest BCUT2D eigenvalue weighted by molar-refractivity contribution is 5.82. The smallest absolute Gasteiger partial charge is 0.420 e. The molecule has 9 heteroatoms. The van der Waals surface area contributed by atoms with Gasteiger partial charge in [-0.05, 0) is 38.2 Å². The Kier molecular flexibility index (Phi) is 6.08. The molecular weight excluding hydrogens is 395 g/mol. The van der Waals surface area contributed by atoms with E-state index in [1.807, 2.05) is 18.0 Å². The third-order valence-corrected chi connectivity index (χ3v) is 4.43. The molecule has 3 rings (SSSR count). The highest BCUT2D eigenvalue weighted by Gasteiger charge is 2.35. The van der Waals surface area contributed by atoms with Gasteiger partial charge in [0.25, 0.3) is 0 Å². The van der Waals surface area contributed by atoms with Crippen LogP contribution in [0.3, 0.4) is 0 Å². The van der Waals surface area contributed by atoms with Crippen LogP contribution in [0.15, 0.2) is 43.1 Å². The van der Waals surface area contributed by atoms with Gasteiger partial charge < -0.3 is 4.74 Å². The normalized spacial score (nSPS) is 11.6. The van der Waals surface area contributed by atoms with Gasteiger partial charge in [0.15, 0.2) is 5.69 Å². The highest BCUT2D eigenvalue weighted by atomic mass is 19.4. The van der Waals surface area contributed by atoms with Crippen molar-refractivity contribution in [1.82, 2.24) is 19.4 Å². The van der Waals surface area contributed by atoms with Crippen molar-refractivity contribution in [2.24, 2.45) is 0 Å². The Morgan fingerprint density at radius 2 is 2.10 bits per heavy atom. The number of fused-ring (bicyclic) bond motifs is 1. The Balaban J connectivity index is 2.26. The maximum atomic E-state index is 13.7. The van der Waals surface area contributed by atoms with E-state index in [1.54, 1.807) is 29.7 Å². The highest BCUT2D eigenvalue weighted by Crippen LogP contribution is 2.38. The third-order valence-electron chi connectivity index (χ3n) is 4.43. The summed E-state index contributed by atoms with van der Waals surface area (Å²) >= 11 is 0. The van der Waals surface area contributed by atoms with Crippen LogP contribution in [0.5, 0.6) is 5.75 Å². The van der Waals surface area contributed by atoms with Gasteiger partial charge in [0.1, 0.15) is 23.2 Å². The van der Waals surface area contributed by atoms with E-state index in [2.05, 4.69) is 16.5 Å². The van der Waals surface area contributed by atoms with Gasteiger partial charge in [0.05, 0.1) is 24.2 Å². The monoisotopic (exact) mass is 415 g/mol. The molecule has 0 fully saturated rings. The second kappa shape index (κ2) is 8.55. The van der Waals surface area contributed by atoms with E-state index in [1.165, 1.54) is 12.3 Å². The molecule has 0 N–H and O–H groups in total. The molecule has 2 heterocycles. The molecule has 0 unspecified atom stereocenters. The van der Waals surface area contributed by atoms with Gasteiger partial charge in [-0.1, -0.05) is 6.08 Å². The Morgan fingerprint density at radius 3 is 2.73 bits per heavy atom. The third kappa shape index (κ3) is 4.14. The summed E-state index contributed by atoms with van der Waals surface area (Å²) in [6, 6.07) is 7.50. The number of aromatic nitrogens is 3. The van der Waals surface area contributed by atoms with Crippen LogP contribution in [0.1, 0.15) is 24.0 Å². The second-order valence-electron chi connectivity index (χ2n) is 6.60. The fourth-order valence-corrected chi connectivity index (χ4v) is 3.21. The summed E-state index contributed by atoms with van der Waals surface area (Å²) < 4.78 is 47.8. The summed E-state index contributed by atoms with van der Waals surface area (Å²) in [7, 11) is 1.84. The topological polar surface area (TPSA) is 67.0 Å². The van der Waals surface area contributed by atoms with Crippen LogP contribution in [0.25, 0.3) is 16.7 Å². The lowest BCUT2D eigenvalue weighted by molar-refractivity contribution is -0.138. The van der Waals surface area contributed by atoms with Gasteiger partial charge in [-0.3, -0.25) is 9.47 Å². The van der Waals surface area contributed by atoms with Crippen LogP contribution >= 0.6 is 0 Å². The number of hydrogen-bond donors (Lipinski definition) is 0. The molecule has 2 aromatic heterocycles. The fourth-order valence-electron chi connectivity index (χ4n) is 3.21. The number of rotatable bonds is 7. The zero-order valence-corrected chi connectivity index (χ0v) is 16.6. The quantitative estimate of drug-likeness (QED) is 0.538. The maximum Gasteiger partial charge on any atom is 0.420 e. The molecule has 30 heavy (non-hydrogen) atoms. The van der Waals surface area contributed by atoms with Crippen molar-refractivity contribution in [3.63, 3.8) is 0 Å². The summed E-state index contributed by atoms with van der Waals surface area (Å²) in [6.45, 7) is 6.33. The molecule has 3 aromatic rings. The number of benzene rings is 1. The Hall–Kier alpha value is -3.38. The van der Waals surface area contributed by atoms with Crippen LogP contribution in [0.2, 0.25) is 0 Å². The Bertz CT molecular complexity index is 1110. The lowest BCUT2D eigenvalue weighted by Gasteiger charge is -2.18. The van der Waals surface area contributed by atoms with Crippen molar-refractivity contribution in [2.45, 2.75) is 19.6 Å². The number of imidazole rings is 1. The molecule has 1 aromatic carbocycles. The minimum absolute atomic E-state index is 0.112. The van der Waals surface area contributed by atoms with E-state index in [9.17, 15) is 18.4 Å². The molecule has 0 bridgehead atoms. The molecule has 0 aliphatic carbocycles. The molecule has 0 spiro atoms. The first kappa shape index (κ1) is 21.3. The average molecular weight is 415 g/mol. The van der Waals surface area contributed by atoms with Crippen LogP contribution in [0.4, 0.5) is 13.2 Å². The lowest BCUT2D eigenvalue weighted by atomic mass is 10.1. The maximum absolute atomic E-state index is 13.7. The molecule has 156 valence electrons. The molecule has 0 aliphatic rings. The van der Waals surface area contributed by atoms with Gasteiger partial charge in [0, 0.05) is 18.4 Å². The van der Waals surface area contributed by atoms with Crippen LogP contribution in [-0.2, 0) is 12.7 Å². The van der Waals surface area contributed by atoms with Crippen molar-refractivity contribution < 1.29 is 17.9 Å². The first-order valence-corrected chi connectivity index (χ1v) is 9.20. The standard InChI is InChI=1S/C21H20F3N5O/c1-4-10-28(3)13-19-27-20-16(12-25)26-9-8-17(20)29(19)14-6-7-18(30-5-2)15(11-14)21(22,23)24/h4,6-9,11H,1,5,10,13H2,2-3H3. The van der Waals surface area contributed by atoms with Crippen molar-refractivity contribution in [3.8, 4) is 17.5 Å². The minimum Gasteiger partial charge on any atom is -0.493 e. The number of pyridine rings is 1. The van der Waals surface area contributed by atoms with E-state index in [0.29, 0.717) is 29.9 Å². The van der Waals surface area contributed by atoms with E-state index >= 15 is 0 Å². The number of nitrogens with zero attached hydrogens (tertiary/aromatic N) is 5. The number of likely N-dealkylation sites (N-methyl/N-ethyl adjacent to an activating group) is 1. The van der Waals surface area contributed by atoms with Crippen molar-refractivity contribution >= 4 is 11.0 Å². The SMILES string of the molecule is C=CCN(C)Cc1nc2c(C#N)nccc2n1-c1ccc(OCC)c(C(F)(F)F)c1. The number of ether oxygens (including phenoxy) is 1. The number of alkyl halides is 3. The molecule has 0 atom stereocenters. The van der Waals surface area contributed by atoms with Crippen LogP contribution in [-0.4, -0.2) is 39.6 Å². The molecule has 0 saturated carbocycles. The first-order chi connectivity index (χ1) is 14.3. The molecule has 0 saturated heterocycles. The number of nitriles is 1. The number of halogens is 3. The summed E-state index contributed by atoms with van der Waals surface area (Å²) in [5.41, 5.74) is 0.347. The fraction of sp³-hybridized carbons (Fsp3) is 0.286. The van der Waals surface area contributed by atoms with Crippen LogP contribution < -0.4 is 4.74 Å².